The van der Waals surface area contributed by atoms with Gasteiger partial charge in [-0.05, 0) is 58.5 Å². The summed E-state index contributed by atoms with van der Waals surface area (Å²) in [5, 5.41) is 15.0. The van der Waals surface area contributed by atoms with Crippen LogP contribution in [0, 0.1) is 13.8 Å². The van der Waals surface area contributed by atoms with Crippen molar-refractivity contribution in [3.63, 3.8) is 0 Å². The summed E-state index contributed by atoms with van der Waals surface area (Å²) in [5.74, 6) is 0.907. The van der Waals surface area contributed by atoms with Crippen LogP contribution in [-0.4, -0.2) is 51.3 Å². The summed E-state index contributed by atoms with van der Waals surface area (Å²) in [4.78, 5) is 6.29. The molecule has 5 rings (SSSR count). The van der Waals surface area contributed by atoms with Crippen LogP contribution in [0.4, 0.5) is 5.69 Å². The third-order valence-electron chi connectivity index (χ3n) is 6.19. The average molecular weight is 445 g/mol. The number of aromatic nitrogens is 4. The topological polar surface area (TPSA) is 50.1 Å². The lowest BCUT2D eigenvalue weighted by Gasteiger charge is -2.40. The Morgan fingerprint density at radius 3 is 2.50 bits per heavy atom. The molecule has 32 heavy (non-hydrogen) atoms. The quantitative estimate of drug-likeness (QED) is 0.444. The molecule has 2 aromatic heterocycles. The number of benzene rings is 2. The number of piperazine rings is 1. The summed E-state index contributed by atoms with van der Waals surface area (Å²) < 4.78 is 1.96. The van der Waals surface area contributed by atoms with E-state index in [1.807, 2.05) is 4.68 Å². The summed E-state index contributed by atoms with van der Waals surface area (Å²) in [5.41, 5.74) is 5.23. The van der Waals surface area contributed by atoms with Gasteiger partial charge in [0.15, 0.2) is 5.82 Å². The van der Waals surface area contributed by atoms with E-state index >= 15 is 0 Å². The molecule has 4 aromatic rings. The van der Waals surface area contributed by atoms with Crippen LogP contribution >= 0.6 is 11.3 Å². The van der Waals surface area contributed by atoms with Crippen molar-refractivity contribution in [2.24, 2.45) is 0 Å². The molecule has 7 heteroatoms. The monoisotopic (exact) mass is 444 g/mol. The van der Waals surface area contributed by atoms with Gasteiger partial charge in [-0.25, -0.2) is 4.68 Å². The first-order chi connectivity index (χ1) is 15.7. The first-order valence-electron chi connectivity index (χ1n) is 11.1. The summed E-state index contributed by atoms with van der Waals surface area (Å²) in [6.07, 6.45) is 0. The first kappa shape index (κ1) is 20.8. The van der Waals surface area contributed by atoms with E-state index in [1.165, 1.54) is 27.3 Å². The van der Waals surface area contributed by atoms with E-state index in [1.54, 1.807) is 11.3 Å². The lowest BCUT2D eigenvalue weighted by Crippen LogP contribution is -2.48. The van der Waals surface area contributed by atoms with Crippen molar-refractivity contribution in [3.8, 4) is 0 Å². The van der Waals surface area contributed by atoms with Gasteiger partial charge in [-0.3, -0.25) is 4.90 Å². The van der Waals surface area contributed by atoms with E-state index in [4.69, 9.17) is 0 Å². The fraction of sp³-hybridized carbons (Fsp3) is 0.320. The normalized spacial score (nSPS) is 15.8. The molecule has 0 saturated carbocycles. The fourth-order valence-corrected chi connectivity index (χ4v) is 5.20. The van der Waals surface area contributed by atoms with E-state index in [9.17, 15) is 0 Å². The Morgan fingerprint density at radius 1 is 0.938 bits per heavy atom. The highest BCUT2D eigenvalue weighted by Crippen LogP contribution is 2.30. The second-order valence-corrected chi connectivity index (χ2v) is 9.43. The lowest BCUT2D eigenvalue weighted by molar-refractivity contribution is 0.201. The van der Waals surface area contributed by atoms with Crippen LogP contribution in [0.15, 0.2) is 66.0 Å². The Hall–Kier alpha value is -3.03. The highest BCUT2D eigenvalue weighted by molar-refractivity contribution is 7.09. The SMILES string of the molecule is Cc1ccc(C)c(N2CCN([C@@H](c3ccccc3)c3nnnn3Cc3cccs3)CC2)c1. The van der Waals surface area contributed by atoms with Gasteiger partial charge in [0.25, 0.3) is 0 Å². The summed E-state index contributed by atoms with van der Waals surface area (Å²) in [6, 6.07) is 21.6. The molecule has 2 aromatic carbocycles. The molecule has 0 aliphatic carbocycles. The van der Waals surface area contributed by atoms with Gasteiger partial charge in [-0.15, -0.1) is 16.4 Å². The van der Waals surface area contributed by atoms with Crippen LogP contribution in [0.3, 0.4) is 0 Å². The zero-order chi connectivity index (χ0) is 21.9. The number of hydrogen-bond acceptors (Lipinski definition) is 6. The van der Waals surface area contributed by atoms with E-state index in [0.717, 1.165) is 32.0 Å². The molecule has 3 heterocycles. The Kier molecular flexibility index (Phi) is 6.01. The summed E-state index contributed by atoms with van der Waals surface area (Å²) in [6.45, 7) is 8.95. The maximum Gasteiger partial charge on any atom is 0.173 e. The Labute approximate surface area is 193 Å². The molecule has 1 aliphatic rings. The minimum Gasteiger partial charge on any atom is -0.369 e. The van der Waals surface area contributed by atoms with Crippen molar-refractivity contribution in [3.05, 3.63) is 93.4 Å². The molecule has 1 saturated heterocycles. The second kappa shape index (κ2) is 9.22. The molecule has 6 nitrogen and oxygen atoms in total. The van der Waals surface area contributed by atoms with Crippen LogP contribution in [0.25, 0.3) is 0 Å². The van der Waals surface area contributed by atoms with Crippen molar-refractivity contribution in [1.82, 2.24) is 25.1 Å². The zero-order valence-electron chi connectivity index (χ0n) is 18.6. The summed E-state index contributed by atoms with van der Waals surface area (Å²) in [7, 11) is 0. The van der Waals surface area contributed by atoms with Gasteiger partial charge in [0.1, 0.15) is 0 Å². The van der Waals surface area contributed by atoms with E-state index in [2.05, 4.69) is 105 Å². The van der Waals surface area contributed by atoms with Gasteiger partial charge in [0.05, 0.1) is 12.6 Å². The molecule has 0 spiro atoms. The van der Waals surface area contributed by atoms with Gasteiger partial charge in [0, 0.05) is 36.7 Å². The molecule has 164 valence electrons. The number of aryl methyl sites for hydroxylation is 2. The van der Waals surface area contributed by atoms with Gasteiger partial charge in [-0.2, -0.15) is 0 Å². The highest BCUT2D eigenvalue weighted by atomic mass is 32.1. The van der Waals surface area contributed by atoms with Crippen LogP contribution < -0.4 is 4.90 Å². The Morgan fingerprint density at radius 2 is 1.75 bits per heavy atom. The highest BCUT2D eigenvalue weighted by Gasteiger charge is 2.31. The fourth-order valence-electron chi connectivity index (χ4n) is 4.51. The number of nitrogens with zero attached hydrogens (tertiary/aromatic N) is 6. The maximum atomic E-state index is 4.50. The number of thiophene rings is 1. The molecule has 0 N–H and O–H groups in total. The predicted molar refractivity (Wildman–Crippen MR) is 129 cm³/mol. The molecule has 0 bridgehead atoms. The van der Waals surface area contributed by atoms with E-state index < -0.39 is 0 Å². The number of anilines is 1. The Balaban J connectivity index is 1.41. The van der Waals surface area contributed by atoms with E-state index in [-0.39, 0.29) is 6.04 Å². The van der Waals surface area contributed by atoms with Crippen molar-refractivity contribution < 1.29 is 0 Å². The van der Waals surface area contributed by atoms with Crippen LogP contribution in [0.5, 0.6) is 0 Å². The van der Waals surface area contributed by atoms with Gasteiger partial charge in [-0.1, -0.05) is 48.5 Å². The largest absolute Gasteiger partial charge is 0.369 e. The Bertz CT molecular complexity index is 1150. The molecule has 0 unspecified atom stereocenters. The minimum atomic E-state index is 0.0342. The molecule has 0 amide bonds. The number of rotatable bonds is 6. The van der Waals surface area contributed by atoms with Crippen molar-refractivity contribution in [1.29, 1.82) is 0 Å². The van der Waals surface area contributed by atoms with Crippen LogP contribution in [-0.2, 0) is 6.54 Å². The molecule has 1 fully saturated rings. The molecule has 1 aliphatic heterocycles. The molecular weight excluding hydrogens is 416 g/mol. The standard InChI is InChI=1S/C25H28N6S/c1-19-10-11-20(2)23(17-19)29-12-14-30(15-13-29)24(21-7-4-3-5-8-21)25-26-27-28-31(25)18-22-9-6-16-32-22/h3-11,16-17,24H,12-15,18H2,1-2H3/t24-/m0/s1. The number of tetrazole rings is 1. The molecular formula is C25H28N6S. The molecule has 0 radical (unpaired) electrons. The zero-order valence-corrected chi connectivity index (χ0v) is 19.4. The van der Waals surface area contributed by atoms with Gasteiger partial charge < -0.3 is 4.90 Å². The van der Waals surface area contributed by atoms with Crippen LogP contribution in [0.2, 0.25) is 0 Å². The first-order valence-corrected chi connectivity index (χ1v) is 12.0. The van der Waals surface area contributed by atoms with Crippen molar-refractivity contribution in [2.45, 2.75) is 26.4 Å². The smallest absolute Gasteiger partial charge is 0.173 e. The van der Waals surface area contributed by atoms with Crippen LogP contribution in [0.1, 0.15) is 33.4 Å². The number of hydrogen-bond donors (Lipinski definition) is 0. The third-order valence-corrected chi connectivity index (χ3v) is 7.05. The van der Waals surface area contributed by atoms with Crippen molar-refractivity contribution >= 4 is 17.0 Å². The lowest BCUT2D eigenvalue weighted by atomic mass is 10.0. The van der Waals surface area contributed by atoms with Gasteiger partial charge >= 0.3 is 0 Å². The average Bonchev–Trinajstić information content (AvgIpc) is 3.50. The molecule has 1 atom stereocenters. The van der Waals surface area contributed by atoms with Crippen molar-refractivity contribution in [2.75, 3.05) is 31.1 Å². The predicted octanol–water partition coefficient (Wildman–Crippen LogP) is 4.31. The van der Waals surface area contributed by atoms with Gasteiger partial charge in [0.2, 0.25) is 0 Å². The maximum absolute atomic E-state index is 4.50. The second-order valence-electron chi connectivity index (χ2n) is 8.40. The summed E-state index contributed by atoms with van der Waals surface area (Å²) >= 11 is 1.74. The minimum absolute atomic E-state index is 0.0342. The third kappa shape index (κ3) is 4.31. The van der Waals surface area contributed by atoms with E-state index in [0.29, 0.717) is 6.54 Å².